The second kappa shape index (κ2) is 9.03. The van der Waals surface area contributed by atoms with E-state index < -0.39 is 11.9 Å². The van der Waals surface area contributed by atoms with E-state index in [-0.39, 0.29) is 29.9 Å². The van der Waals surface area contributed by atoms with Crippen LogP contribution in [0.4, 0.5) is 19.0 Å². The van der Waals surface area contributed by atoms with Crippen molar-refractivity contribution in [3.8, 4) is 5.75 Å². The molecule has 0 amide bonds. The number of piperidine rings is 1. The second-order valence-electron chi connectivity index (χ2n) is 8.42. The molecule has 1 saturated heterocycles. The first-order valence-electron chi connectivity index (χ1n) is 11.1. The Hall–Kier alpha value is -3.11. The Morgan fingerprint density at radius 2 is 1.85 bits per heavy atom. The number of hydrogen-bond acceptors (Lipinski definition) is 6. The number of rotatable bonds is 6. The Morgan fingerprint density at radius 3 is 2.55 bits per heavy atom. The number of aryl methyl sites for hydroxylation is 2. The molecule has 3 aromatic heterocycles. The minimum Gasteiger partial charge on any atom is -0.491 e. The van der Waals surface area contributed by atoms with Crippen molar-refractivity contribution in [1.82, 2.24) is 24.1 Å². The van der Waals surface area contributed by atoms with Crippen LogP contribution in [0.5, 0.6) is 5.75 Å². The summed E-state index contributed by atoms with van der Waals surface area (Å²) in [6, 6.07) is 2.72. The van der Waals surface area contributed by atoms with E-state index in [1.54, 1.807) is 15.3 Å². The van der Waals surface area contributed by atoms with Gasteiger partial charge in [-0.2, -0.15) is 13.2 Å². The third kappa shape index (κ3) is 4.53. The Kier molecular flexibility index (Phi) is 6.31. The molecule has 0 saturated carbocycles. The number of pyridine rings is 1. The molecule has 0 N–H and O–H groups in total. The van der Waals surface area contributed by atoms with Crippen LogP contribution in [0.3, 0.4) is 0 Å². The molecule has 11 heteroatoms. The van der Waals surface area contributed by atoms with Crippen LogP contribution >= 0.6 is 0 Å². The van der Waals surface area contributed by atoms with Crippen LogP contribution in [0.1, 0.15) is 32.9 Å². The van der Waals surface area contributed by atoms with Gasteiger partial charge in [0.25, 0.3) is 0 Å². The molecule has 4 heterocycles. The molecule has 0 bridgehead atoms. The van der Waals surface area contributed by atoms with Crippen molar-refractivity contribution in [2.45, 2.75) is 46.5 Å². The summed E-state index contributed by atoms with van der Waals surface area (Å²) in [7, 11) is 0. The van der Waals surface area contributed by atoms with Gasteiger partial charge in [-0.3, -0.25) is 9.13 Å². The van der Waals surface area contributed by atoms with Crippen molar-refractivity contribution in [3.05, 3.63) is 40.7 Å². The van der Waals surface area contributed by atoms with Crippen LogP contribution in [-0.4, -0.2) is 43.8 Å². The number of anilines is 1. The van der Waals surface area contributed by atoms with E-state index >= 15 is 0 Å². The molecule has 4 rings (SSSR count). The average Bonchev–Trinajstić information content (AvgIpc) is 3.06. The van der Waals surface area contributed by atoms with E-state index in [0.29, 0.717) is 36.7 Å². The quantitative estimate of drug-likeness (QED) is 0.555. The number of aromatic nitrogens is 5. The van der Waals surface area contributed by atoms with E-state index in [4.69, 9.17) is 9.72 Å². The molecular weight excluding hydrogens is 437 g/mol. The molecular formula is C22H27F3N6O2. The lowest BCUT2D eigenvalue weighted by Crippen LogP contribution is -2.42. The summed E-state index contributed by atoms with van der Waals surface area (Å²) in [6.45, 7) is 8.30. The van der Waals surface area contributed by atoms with Gasteiger partial charge in [0.1, 0.15) is 11.6 Å². The molecule has 1 fully saturated rings. The summed E-state index contributed by atoms with van der Waals surface area (Å²) in [5.41, 5.74) is -0.0604. The fraction of sp³-hybridized carbons (Fsp3) is 0.545. The van der Waals surface area contributed by atoms with Gasteiger partial charge >= 0.3 is 11.9 Å². The second-order valence-corrected chi connectivity index (χ2v) is 8.42. The van der Waals surface area contributed by atoms with Gasteiger partial charge in [0.2, 0.25) is 0 Å². The zero-order valence-electron chi connectivity index (χ0n) is 18.8. The Balaban J connectivity index is 1.55. The lowest BCUT2D eigenvalue weighted by atomic mass is 9.91. The number of ether oxygens (including phenoxy) is 1. The number of alkyl halides is 3. The van der Waals surface area contributed by atoms with Crippen LogP contribution in [0.25, 0.3) is 11.3 Å². The summed E-state index contributed by atoms with van der Waals surface area (Å²) < 4.78 is 48.4. The highest BCUT2D eigenvalue weighted by molar-refractivity contribution is 5.69. The number of imidazole rings is 1. The van der Waals surface area contributed by atoms with Gasteiger partial charge in [0.05, 0.1) is 12.8 Å². The third-order valence-electron chi connectivity index (χ3n) is 5.91. The van der Waals surface area contributed by atoms with Gasteiger partial charge in [-0.05, 0) is 38.3 Å². The monoisotopic (exact) mass is 464 g/mol. The van der Waals surface area contributed by atoms with Gasteiger partial charge in [-0.25, -0.2) is 19.7 Å². The van der Waals surface area contributed by atoms with Crippen molar-refractivity contribution in [3.63, 3.8) is 0 Å². The summed E-state index contributed by atoms with van der Waals surface area (Å²) in [5.74, 6) is 0.673. The van der Waals surface area contributed by atoms with Gasteiger partial charge in [0.15, 0.2) is 17.0 Å². The van der Waals surface area contributed by atoms with E-state index in [2.05, 4.69) is 21.8 Å². The molecule has 178 valence electrons. The molecule has 3 aromatic rings. The van der Waals surface area contributed by atoms with Gasteiger partial charge in [0, 0.05) is 38.3 Å². The van der Waals surface area contributed by atoms with Crippen molar-refractivity contribution < 1.29 is 17.9 Å². The predicted molar refractivity (Wildman–Crippen MR) is 117 cm³/mol. The summed E-state index contributed by atoms with van der Waals surface area (Å²) >= 11 is 0. The van der Waals surface area contributed by atoms with Crippen LogP contribution in [0.2, 0.25) is 0 Å². The smallest absolute Gasteiger partial charge is 0.437 e. The summed E-state index contributed by atoms with van der Waals surface area (Å²) in [6.07, 6.45) is -0.986. The maximum atomic E-state index is 13.2. The maximum Gasteiger partial charge on any atom is 0.437 e. The Morgan fingerprint density at radius 1 is 1.12 bits per heavy atom. The number of nitrogens with zero attached hydrogens (tertiary/aromatic N) is 6. The highest BCUT2D eigenvalue weighted by atomic mass is 19.4. The van der Waals surface area contributed by atoms with Crippen molar-refractivity contribution in [2.24, 2.45) is 11.8 Å². The lowest BCUT2D eigenvalue weighted by Gasteiger charge is -2.37. The first-order chi connectivity index (χ1) is 15.7. The predicted octanol–water partition coefficient (Wildman–Crippen LogP) is 3.59. The first kappa shape index (κ1) is 23.1. The normalized spacial score (nSPS) is 19.3. The fourth-order valence-electron chi connectivity index (χ4n) is 4.50. The van der Waals surface area contributed by atoms with Gasteiger partial charge in [-0.1, -0.05) is 6.92 Å². The van der Waals surface area contributed by atoms with E-state index in [9.17, 15) is 18.0 Å². The highest BCUT2D eigenvalue weighted by Crippen LogP contribution is 2.35. The van der Waals surface area contributed by atoms with Crippen LogP contribution in [0.15, 0.2) is 29.3 Å². The largest absolute Gasteiger partial charge is 0.491 e. The van der Waals surface area contributed by atoms with Crippen LogP contribution in [0, 0.1) is 11.8 Å². The SMILES string of the molecule is CCn1c(=O)n(CC)c2nc(N3C[C@@H](C)C[C@@H](COc4cccnc4C(F)(F)F)C3)cnc21. The molecule has 0 radical (unpaired) electrons. The van der Waals surface area contributed by atoms with Crippen LogP contribution < -0.4 is 15.3 Å². The summed E-state index contributed by atoms with van der Waals surface area (Å²) in [5, 5.41) is 0. The Labute approximate surface area is 189 Å². The van der Waals surface area contributed by atoms with E-state index in [1.807, 2.05) is 13.8 Å². The lowest BCUT2D eigenvalue weighted by molar-refractivity contribution is -0.142. The summed E-state index contributed by atoms with van der Waals surface area (Å²) in [4.78, 5) is 27.4. The van der Waals surface area contributed by atoms with Crippen molar-refractivity contribution in [2.75, 3.05) is 24.6 Å². The Bertz CT molecular complexity index is 1190. The molecule has 1 aliphatic heterocycles. The molecule has 1 aliphatic rings. The number of fused-ring (bicyclic) bond motifs is 1. The molecule has 33 heavy (non-hydrogen) atoms. The molecule has 0 unspecified atom stereocenters. The van der Waals surface area contributed by atoms with Crippen LogP contribution in [-0.2, 0) is 19.3 Å². The zero-order valence-corrected chi connectivity index (χ0v) is 18.8. The third-order valence-corrected chi connectivity index (χ3v) is 5.91. The maximum absolute atomic E-state index is 13.2. The first-order valence-corrected chi connectivity index (χ1v) is 11.1. The average molecular weight is 464 g/mol. The van der Waals surface area contributed by atoms with Crippen molar-refractivity contribution >= 4 is 17.1 Å². The molecule has 0 aliphatic carbocycles. The van der Waals surface area contributed by atoms with Crippen molar-refractivity contribution in [1.29, 1.82) is 0 Å². The van der Waals surface area contributed by atoms with E-state index in [0.717, 1.165) is 19.2 Å². The molecule has 8 nitrogen and oxygen atoms in total. The zero-order chi connectivity index (χ0) is 23.8. The van der Waals surface area contributed by atoms with E-state index in [1.165, 1.54) is 12.1 Å². The topological polar surface area (TPSA) is 78.1 Å². The van der Waals surface area contributed by atoms with Gasteiger partial charge in [-0.15, -0.1) is 0 Å². The number of halogens is 3. The van der Waals surface area contributed by atoms with Gasteiger partial charge < -0.3 is 9.64 Å². The molecule has 2 atom stereocenters. The minimum absolute atomic E-state index is 0.00106. The standard InChI is InChI=1S/C22H27F3N6O2/c1-4-30-19-20(31(5-2)21(30)32)28-17(10-27-19)29-11-14(3)9-15(12-29)13-33-16-7-6-8-26-18(16)22(23,24)25/h6-8,10,14-15H,4-5,9,11-13H2,1-3H3/t14-,15+/m0/s1. The highest BCUT2D eigenvalue weighted by Gasteiger charge is 2.36. The molecule has 0 spiro atoms. The minimum atomic E-state index is -4.57. The fourth-order valence-corrected chi connectivity index (χ4v) is 4.50. The molecule has 0 aromatic carbocycles. The number of hydrogen-bond donors (Lipinski definition) is 0.